The molecule has 0 atom stereocenters. The molecular weight excluding hydrogens is 392 g/mol. The first-order chi connectivity index (χ1) is 14.4. The summed E-state index contributed by atoms with van der Waals surface area (Å²) in [7, 11) is 0. The summed E-state index contributed by atoms with van der Waals surface area (Å²) in [4.78, 5) is 0. The largest absolute Gasteiger partial charge is 0.461 e. The van der Waals surface area contributed by atoms with E-state index in [1.807, 2.05) is 0 Å². The summed E-state index contributed by atoms with van der Waals surface area (Å²) in [5.41, 5.74) is 3.43. The van der Waals surface area contributed by atoms with E-state index in [4.69, 9.17) is 0 Å². The van der Waals surface area contributed by atoms with Gasteiger partial charge in [-0.1, -0.05) is 49.5 Å². The van der Waals surface area contributed by atoms with Crippen LogP contribution in [0.2, 0.25) is 0 Å². The van der Waals surface area contributed by atoms with Crippen molar-refractivity contribution >= 4 is 0 Å². The summed E-state index contributed by atoms with van der Waals surface area (Å²) in [5.74, 6) is 6.90. The maximum absolute atomic E-state index is 12.9. The Labute approximate surface area is 175 Å². The molecule has 1 aliphatic carbocycles. The number of rotatable bonds is 6. The van der Waals surface area contributed by atoms with E-state index in [-0.39, 0.29) is 5.75 Å². The molecule has 0 aromatic heterocycles. The molecule has 0 N–H and O–H groups in total. The van der Waals surface area contributed by atoms with Gasteiger partial charge in [0, 0.05) is 11.5 Å². The van der Waals surface area contributed by atoms with Gasteiger partial charge in [0.2, 0.25) is 0 Å². The Balaban J connectivity index is 1.52. The molecule has 1 fully saturated rings. The zero-order valence-electron chi connectivity index (χ0n) is 17.0. The highest BCUT2D eigenvalue weighted by molar-refractivity contribution is 5.39. The average Bonchev–Trinajstić information content (AvgIpc) is 2.74. The van der Waals surface area contributed by atoms with Crippen LogP contribution in [0.1, 0.15) is 61.6 Å². The van der Waals surface area contributed by atoms with Gasteiger partial charge in [0.15, 0.2) is 0 Å². The third kappa shape index (κ3) is 6.01. The van der Waals surface area contributed by atoms with Gasteiger partial charge in [-0.25, -0.2) is 0 Å². The van der Waals surface area contributed by atoms with Gasteiger partial charge in [0.1, 0.15) is 5.75 Å². The Morgan fingerprint density at radius 3 is 2.17 bits per heavy atom. The molecule has 0 radical (unpaired) electrons. The first-order valence-corrected chi connectivity index (χ1v) is 10.4. The quantitative estimate of drug-likeness (QED) is 0.356. The molecule has 0 aliphatic heterocycles. The predicted molar refractivity (Wildman–Crippen MR) is 110 cm³/mol. The highest BCUT2D eigenvalue weighted by atomic mass is 19.3. The molecule has 0 amide bonds. The molecule has 1 aliphatic rings. The summed E-state index contributed by atoms with van der Waals surface area (Å²) in [6.07, 6.45) is -1.86. The van der Waals surface area contributed by atoms with E-state index in [2.05, 4.69) is 47.8 Å². The molecule has 3 rings (SSSR count). The van der Waals surface area contributed by atoms with Gasteiger partial charge >= 0.3 is 12.5 Å². The van der Waals surface area contributed by atoms with E-state index in [0.717, 1.165) is 38.5 Å². The maximum Gasteiger partial charge on any atom is 0.461 e. The van der Waals surface area contributed by atoms with Crippen molar-refractivity contribution < 1.29 is 22.3 Å². The van der Waals surface area contributed by atoms with Gasteiger partial charge in [0.05, 0.1) is 0 Å². The van der Waals surface area contributed by atoms with Crippen molar-refractivity contribution in [2.45, 2.75) is 63.9 Å². The van der Waals surface area contributed by atoms with E-state index in [0.29, 0.717) is 17.4 Å². The highest BCUT2D eigenvalue weighted by Crippen LogP contribution is 2.35. The van der Waals surface area contributed by atoms with Crippen LogP contribution in [0.3, 0.4) is 0 Å². The molecule has 0 saturated heterocycles. The van der Waals surface area contributed by atoms with E-state index in [9.17, 15) is 17.6 Å². The molecule has 0 heterocycles. The van der Waals surface area contributed by atoms with Crippen molar-refractivity contribution in [3.8, 4) is 17.6 Å². The van der Waals surface area contributed by atoms with Crippen molar-refractivity contribution in [2.75, 3.05) is 0 Å². The van der Waals surface area contributed by atoms with Gasteiger partial charge < -0.3 is 4.74 Å². The second-order valence-corrected chi connectivity index (χ2v) is 7.80. The fourth-order valence-corrected chi connectivity index (χ4v) is 3.81. The number of ether oxygens (including phenoxy) is 1. The van der Waals surface area contributed by atoms with Crippen LogP contribution < -0.4 is 4.74 Å². The molecular formula is C25H26F4O. The van der Waals surface area contributed by atoms with Crippen molar-refractivity contribution in [2.24, 2.45) is 5.92 Å². The normalized spacial score (nSPS) is 19.3. The minimum absolute atomic E-state index is 0.305. The average molecular weight is 418 g/mol. The summed E-state index contributed by atoms with van der Waals surface area (Å²) < 4.78 is 54.3. The number of hydrogen-bond acceptors (Lipinski definition) is 1. The van der Waals surface area contributed by atoms with E-state index in [1.165, 1.54) is 35.4 Å². The molecule has 2 aromatic carbocycles. The lowest BCUT2D eigenvalue weighted by Gasteiger charge is -2.26. The number of alkyl halides is 4. The van der Waals surface area contributed by atoms with Crippen LogP contribution in [-0.2, 0) is 6.42 Å². The fourth-order valence-electron chi connectivity index (χ4n) is 3.81. The van der Waals surface area contributed by atoms with Crippen molar-refractivity contribution in [3.05, 3.63) is 65.2 Å². The van der Waals surface area contributed by atoms with Crippen LogP contribution in [0.15, 0.2) is 48.5 Å². The summed E-state index contributed by atoms with van der Waals surface area (Å²) in [6.45, 7) is 2.18. The van der Waals surface area contributed by atoms with Crippen LogP contribution in [-0.4, -0.2) is 12.5 Å². The molecule has 0 spiro atoms. The molecule has 0 unspecified atom stereocenters. The van der Waals surface area contributed by atoms with Gasteiger partial charge in [-0.3, -0.25) is 0 Å². The molecule has 1 saturated carbocycles. The lowest BCUT2D eigenvalue weighted by Crippen LogP contribution is -2.33. The Morgan fingerprint density at radius 2 is 1.60 bits per heavy atom. The maximum atomic E-state index is 12.9. The molecule has 30 heavy (non-hydrogen) atoms. The van der Waals surface area contributed by atoms with Crippen molar-refractivity contribution in [3.63, 3.8) is 0 Å². The lowest BCUT2D eigenvalue weighted by atomic mass is 9.79. The molecule has 1 nitrogen and oxygen atoms in total. The first kappa shape index (κ1) is 22.2. The van der Waals surface area contributed by atoms with E-state index < -0.39 is 12.5 Å². The monoisotopic (exact) mass is 418 g/mol. The Hall–Kier alpha value is -2.48. The third-order valence-corrected chi connectivity index (χ3v) is 5.50. The third-order valence-electron chi connectivity index (χ3n) is 5.50. The summed E-state index contributed by atoms with van der Waals surface area (Å²) in [6, 6.07) is 14.5. The summed E-state index contributed by atoms with van der Waals surface area (Å²) >= 11 is 0. The van der Waals surface area contributed by atoms with Crippen LogP contribution >= 0.6 is 0 Å². The van der Waals surface area contributed by atoms with Gasteiger partial charge in [-0.2, -0.15) is 17.6 Å². The van der Waals surface area contributed by atoms with E-state index >= 15 is 0 Å². The van der Waals surface area contributed by atoms with Crippen molar-refractivity contribution in [1.82, 2.24) is 0 Å². The first-order valence-electron chi connectivity index (χ1n) is 10.4. The molecule has 0 bridgehead atoms. The van der Waals surface area contributed by atoms with Gasteiger partial charge in [-0.15, -0.1) is 0 Å². The zero-order chi connectivity index (χ0) is 21.6. The smallest absolute Gasteiger partial charge is 0.428 e. The van der Waals surface area contributed by atoms with Crippen LogP contribution in [0.25, 0.3) is 0 Å². The number of aryl methyl sites for hydroxylation is 1. The standard InChI is InChI=1S/C25H26F4O/c1-2-3-18-6-12-21(13-7-18)22-14-8-19(9-15-22)4-5-20-10-16-23(17-11-20)30-25(28,29)24(26)27/h6-7,10-13,16-17,19,22,24H,2-3,8-9,14-15H2,1H3. The zero-order valence-corrected chi connectivity index (χ0v) is 17.0. The number of benzene rings is 2. The van der Waals surface area contributed by atoms with Crippen LogP contribution in [0, 0.1) is 17.8 Å². The van der Waals surface area contributed by atoms with Gasteiger partial charge in [-0.05, 0) is 73.4 Å². The van der Waals surface area contributed by atoms with Crippen LogP contribution in [0.4, 0.5) is 17.6 Å². The predicted octanol–water partition coefficient (Wildman–Crippen LogP) is 7.20. The number of halogens is 4. The second-order valence-electron chi connectivity index (χ2n) is 7.80. The molecule has 160 valence electrons. The van der Waals surface area contributed by atoms with Crippen LogP contribution in [0.5, 0.6) is 5.75 Å². The van der Waals surface area contributed by atoms with Crippen molar-refractivity contribution in [1.29, 1.82) is 0 Å². The Kier molecular flexibility index (Phi) is 7.42. The number of hydrogen-bond donors (Lipinski definition) is 0. The fraction of sp³-hybridized carbons (Fsp3) is 0.440. The molecule has 5 heteroatoms. The van der Waals surface area contributed by atoms with E-state index in [1.54, 1.807) is 0 Å². The van der Waals surface area contributed by atoms with Gasteiger partial charge in [0.25, 0.3) is 0 Å². The Bertz CT molecular complexity index is 855. The lowest BCUT2D eigenvalue weighted by molar-refractivity contribution is -0.253. The minimum atomic E-state index is -4.50. The highest BCUT2D eigenvalue weighted by Gasteiger charge is 2.43. The minimum Gasteiger partial charge on any atom is -0.428 e. The SMILES string of the molecule is CCCc1ccc(C2CCC(C#Cc3ccc(OC(F)(F)C(F)F)cc3)CC2)cc1. The topological polar surface area (TPSA) is 9.23 Å². The Morgan fingerprint density at radius 1 is 0.967 bits per heavy atom. The second kappa shape index (κ2) is 10.0. The molecule has 2 aromatic rings. The summed E-state index contributed by atoms with van der Waals surface area (Å²) in [5, 5.41) is 0.